The molecule has 1 aromatic heterocycles. The SMILES string of the molecule is CSCCC(N)c1nc2ccc(Br)cc2s1. The van der Waals surface area contributed by atoms with Crippen LogP contribution in [0.15, 0.2) is 22.7 Å². The lowest BCUT2D eigenvalue weighted by Crippen LogP contribution is -2.10. The summed E-state index contributed by atoms with van der Waals surface area (Å²) in [4.78, 5) is 4.57. The lowest BCUT2D eigenvalue weighted by atomic mass is 10.2. The molecule has 0 aliphatic heterocycles. The fourth-order valence-corrected chi connectivity index (χ4v) is 3.49. The third-order valence-corrected chi connectivity index (χ3v) is 4.60. The van der Waals surface area contributed by atoms with Crippen molar-refractivity contribution < 1.29 is 0 Å². The molecule has 0 amide bonds. The molecule has 1 unspecified atom stereocenters. The molecule has 2 rings (SSSR count). The summed E-state index contributed by atoms with van der Waals surface area (Å²) in [6.45, 7) is 0. The van der Waals surface area contributed by atoms with E-state index in [2.05, 4.69) is 33.2 Å². The zero-order valence-corrected chi connectivity index (χ0v) is 12.2. The van der Waals surface area contributed by atoms with Crippen molar-refractivity contribution >= 4 is 49.2 Å². The van der Waals surface area contributed by atoms with E-state index >= 15 is 0 Å². The van der Waals surface area contributed by atoms with Gasteiger partial charge in [-0.2, -0.15) is 11.8 Å². The van der Waals surface area contributed by atoms with Crippen molar-refractivity contribution in [3.8, 4) is 0 Å². The maximum atomic E-state index is 6.11. The van der Waals surface area contributed by atoms with E-state index in [4.69, 9.17) is 5.73 Å². The first-order valence-corrected chi connectivity index (χ1v) is 8.01. The van der Waals surface area contributed by atoms with Crippen LogP contribution in [-0.4, -0.2) is 17.0 Å². The molecule has 1 atom stereocenters. The van der Waals surface area contributed by atoms with Gasteiger partial charge in [0.2, 0.25) is 0 Å². The molecule has 0 aliphatic rings. The Morgan fingerprint density at radius 2 is 2.38 bits per heavy atom. The minimum Gasteiger partial charge on any atom is -0.322 e. The van der Waals surface area contributed by atoms with Gasteiger partial charge in [-0.1, -0.05) is 15.9 Å². The number of thiazole rings is 1. The van der Waals surface area contributed by atoms with E-state index in [-0.39, 0.29) is 6.04 Å². The topological polar surface area (TPSA) is 38.9 Å². The second-order valence-corrected chi connectivity index (χ2v) is 6.52. The quantitative estimate of drug-likeness (QED) is 0.932. The average Bonchev–Trinajstić information content (AvgIpc) is 2.68. The normalized spacial score (nSPS) is 13.2. The monoisotopic (exact) mass is 316 g/mol. The van der Waals surface area contributed by atoms with Crippen LogP contribution in [0.25, 0.3) is 10.2 Å². The lowest BCUT2D eigenvalue weighted by molar-refractivity contribution is 0.701. The minimum absolute atomic E-state index is 0.0728. The minimum atomic E-state index is 0.0728. The van der Waals surface area contributed by atoms with Crippen molar-refractivity contribution in [2.45, 2.75) is 12.5 Å². The summed E-state index contributed by atoms with van der Waals surface area (Å²) in [5, 5.41) is 1.04. The standard InChI is InChI=1S/C11H13BrN2S2/c1-15-5-4-8(13)11-14-9-3-2-7(12)6-10(9)16-11/h2-3,6,8H,4-5,13H2,1H3. The number of benzene rings is 1. The molecule has 1 heterocycles. The van der Waals surface area contributed by atoms with Gasteiger partial charge in [0.05, 0.1) is 16.3 Å². The van der Waals surface area contributed by atoms with Crippen LogP contribution in [-0.2, 0) is 0 Å². The first kappa shape index (κ1) is 12.4. The largest absolute Gasteiger partial charge is 0.322 e. The Morgan fingerprint density at radius 3 is 3.12 bits per heavy atom. The van der Waals surface area contributed by atoms with Crippen molar-refractivity contribution in [2.24, 2.45) is 5.73 Å². The van der Waals surface area contributed by atoms with Crippen LogP contribution in [0, 0.1) is 0 Å². The highest BCUT2D eigenvalue weighted by Crippen LogP contribution is 2.29. The zero-order chi connectivity index (χ0) is 11.5. The van der Waals surface area contributed by atoms with Crippen LogP contribution in [0.4, 0.5) is 0 Å². The maximum Gasteiger partial charge on any atom is 0.111 e. The third-order valence-electron chi connectivity index (χ3n) is 2.32. The van der Waals surface area contributed by atoms with Crippen molar-refractivity contribution in [2.75, 3.05) is 12.0 Å². The van der Waals surface area contributed by atoms with Gasteiger partial charge < -0.3 is 5.73 Å². The number of fused-ring (bicyclic) bond motifs is 1. The molecule has 2 nitrogen and oxygen atoms in total. The molecular weight excluding hydrogens is 304 g/mol. The fraction of sp³-hybridized carbons (Fsp3) is 0.364. The van der Waals surface area contributed by atoms with Gasteiger partial charge >= 0.3 is 0 Å². The highest BCUT2D eigenvalue weighted by molar-refractivity contribution is 9.10. The first-order chi connectivity index (χ1) is 7.70. The van der Waals surface area contributed by atoms with E-state index < -0.39 is 0 Å². The molecule has 0 bridgehead atoms. The Bertz CT molecular complexity index is 484. The summed E-state index contributed by atoms with van der Waals surface area (Å²) < 4.78 is 2.29. The van der Waals surface area contributed by atoms with E-state index in [9.17, 15) is 0 Å². The van der Waals surface area contributed by atoms with Gasteiger partial charge in [0.1, 0.15) is 5.01 Å². The summed E-state index contributed by atoms with van der Waals surface area (Å²) in [5.41, 5.74) is 7.15. The van der Waals surface area contributed by atoms with Crippen LogP contribution in [0.1, 0.15) is 17.5 Å². The van der Waals surface area contributed by atoms with E-state index in [0.717, 1.165) is 27.2 Å². The third kappa shape index (κ3) is 2.77. The van der Waals surface area contributed by atoms with Crippen LogP contribution in [0.3, 0.4) is 0 Å². The molecule has 5 heteroatoms. The van der Waals surface area contributed by atoms with Crippen molar-refractivity contribution in [3.63, 3.8) is 0 Å². The number of nitrogens with two attached hydrogens (primary N) is 1. The maximum absolute atomic E-state index is 6.11. The highest BCUT2D eigenvalue weighted by Gasteiger charge is 2.11. The summed E-state index contributed by atoms with van der Waals surface area (Å²) in [7, 11) is 0. The number of hydrogen-bond donors (Lipinski definition) is 1. The van der Waals surface area contributed by atoms with Crippen molar-refractivity contribution in [1.29, 1.82) is 0 Å². The first-order valence-electron chi connectivity index (χ1n) is 5.01. The molecule has 1 aromatic carbocycles. The fourth-order valence-electron chi connectivity index (χ4n) is 1.44. The number of rotatable bonds is 4. The van der Waals surface area contributed by atoms with Gasteiger partial charge in [-0.15, -0.1) is 11.3 Å². The molecule has 0 saturated heterocycles. The second kappa shape index (κ2) is 5.49. The van der Waals surface area contributed by atoms with E-state index in [1.807, 2.05) is 23.9 Å². The summed E-state index contributed by atoms with van der Waals surface area (Å²) in [5.74, 6) is 1.08. The number of thioether (sulfide) groups is 1. The Hall–Kier alpha value is -0.100. The molecule has 0 radical (unpaired) electrons. The second-order valence-electron chi connectivity index (χ2n) is 3.55. The van der Waals surface area contributed by atoms with Crippen LogP contribution < -0.4 is 5.73 Å². The zero-order valence-electron chi connectivity index (χ0n) is 8.94. The smallest absolute Gasteiger partial charge is 0.111 e. The Kier molecular flexibility index (Phi) is 4.24. The molecule has 0 fully saturated rings. The number of aromatic nitrogens is 1. The van der Waals surface area contributed by atoms with E-state index in [1.54, 1.807) is 11.3 Å². The Balaban J connectivity index is 2.25. The number of hydrogen-bond acceptors (Lipinski definition) is 4. The average molecular weight is 317 g/mol. The number of nitrogens with zero attached hydrogens (tertiary/aromatic N) is 1. The molecular formula is C11H13BrN2S2. The summed E-state index contributed by atoms with van der Waals surface area (Å²) >= 11 is 6.98. The van der Waals surface area contributed by atoms with Crippen molar-refractivity contribution in [1.82, 2.24) is 4.98 Å². The van der Waals surface area contributed by atoms with E-state index in [1.165, 1.54) is 4.70 Å². The van der Waals surface area contributed by atoms with Crippen LogP contribution in [0.2, 0.25) is 0 Å². The van der Waals surface area contributed by atoms with Gasteiger partial charge in [-0.3, -0.25) is 0 Å². The van der Waals surface area contributed by atoms with Gasteiger partial charge in [0, 0.05) is 4.47 Å². The summed E-state index contributed by atoms with van der Waals surface area (Å²) in [6.07, 6.45) is 3.09. The van der Waals surface area contributed by atoms with Crippen LogP contribution >= 0.6 is 39.0 Å². The van der Waals surface area contributed by atoms with Crippen LogP contribution in [0.5, 0.6) is 0 Å². The van der Waals surface area contributed by atoms with Gasteiger partial charge in [0.25, 0.3) is 0 Å². The molecule has 16 heavy (non-hydrogen) atoms. The van der Waals surface area contributed by atoms with Gasteiger partial charge in [-0.05, 0) is 36.6 Å². The van der Waals surface area contributed by atoms with Gasteiger partial charge in [-0.25, -0.2) is 4.98 Å². The molecule has 0 spiro atoms. The Morgan fingerprint density at radius 1 is 1.56 bits per heavy atom. The molecule has 2 N–H and O–H groups in total. The summed E-state index contributed by atoms with van der Waals surface area (Å²) in [6, 6.07) is 6.21. The predicted molar refractivity (Wildman–Crippen MR) is 77.2 cm³/mol. The number of halogens is 1. The Labute approximate surface area is 112 Å². The van der Waals surface area contributed by atoms with E-state index in [0.29, 0.717) is 0 Å². The lowest BCUT2D eigenvalue weighted by Gasteiger charge is -2.05. The van der Waals surface area contributed by atoms with Crippen molar-refractivity contribution in [3.05, 3.63) is 27.7 Å². The predicted octanol–water partition coefficient (Wildman–Crippen LogP) is 3.81. The molecule has 86 valence electrons. The highest BCUT2D eigenvalue weighted by atomic mass is 79.9. The van der Waals surface area contributed by atoms with Gasteiger partial charge in [0.15, 0.2) is 0 Å². The molecule has 0 aliphatic carbocycles. The molecule has 2 aromatic rings. The molecule has 0 saturated carbocycles.